The van der Waals surface area contributed by atoms with Crippen LogP contribution in [0.15, 0.2) is 0 Å². The van der Waals surface area contributed by atoms with Crippen molar-refractivity contribution in [1.82, 2.24) is 9.80 Å². The second-order valence-corrected chi connectivity index (χ2v) is 6.62. The van der Waals surface area contributed by atoms with Crippen LogP contribution < -0.4 is 5.73 Å². The summed E-state index contributed by atoms with van der Waals surface area (Å²) in [5, 5.41) is 0. The first-order chi connectivity index (χ1) is 7.76. The maximum absolute atomic E-state index is 5.79. The van der Waals surface area contributed by atoms with Crippen LogP contribution in [0.3, 0.4) is 0 Å². The molecule has 0 aromatic carbocycles. The van der Waals surface area contributed by atoms with Gasteiger partial charge in [0.1, 0.15) is 0 Å². The predicted molar refractivity (Wildman–Crippen MR) is 77.3 cm³/mol. The lowest BCUT2D eigenvalue weighted by Crippen LogP contribution is -2.37. The second-order valence-electron chi connectivity index (χ2n) is 6.62. The highest BCUT2D eigenvalue weighted by atomic mass is 15.2. The number of nitrogens with two attached hydrogens (primary N) is 1. The lowest BCUT2D eigenvalue weighted by molar-refractivity contribution is 0.187. The Morgan fingerprint density at radius 1 is 1.06 bits per heavy atom. The van der Waals surface area contributed by atoms with Crippen molar-refractivity contribution < 1.29 is 0 Å². The minimum Gasteiger partial charge on any atom is -0.330 e. The van der Waals surface area contributed by atoms with Crippen molar-refractivity contribution in [3.05, 3.63) is 0 Å². The second kappa shape index (κ2) is 8.06. The van der Waals surface area contributed by atoms with Crippen LogP contribution in [0.5, 0.6) is 0 Å². The number of nitrogens with zero attached hydrogens (tertiary/aromatic N) is 2. The average Bonchev–Trinajstić information content (AvgIpc) is 2.21. The molecule has 0 rings (SSSR count). The fourth-order valence-corrected chi connectivity index (χ4v) is 1.72. The molecular weight excluding hydrogens is 210 g/mol. The van der Waals surface area contributed by atoms with Gasteiger partial charge in [-0.05, 0) is 44.9 Å². The van der Waals surface area contributed by atoms with Gasteiger partial charge >= 0.3 is 0 Å². The molecule has 0 bridgehead atoms. The Morgan fingerprint density at radius 3 is 2.06 bits per heavy atom. The Hall–Kier alpha value is -0.120. The summed E-state index contributed by atoms with van der Waals surface area (Å²) >= 11 is 0. The molecule has 2 N–H and O–H groups in total. The molecule has 0 aliphatic carbocycles. The van der Waals surface area contributed by atoms with Crippen LogP contribution >= 0.6 is 0 Å². The topological polar surface area (TPSA) is 32.5 Å². The lowest BCUT2D eigenvalue weighted by atomic mass is 9.89. The van der Waals surface area contributed by atoms with E-state index in [1.54, 1.807) is 0 Å². The summed E-state index contributed by atoms with van der Waals surface area (Å²) in [5.41, 5.74) is 6.06. The molecule has 3 heteroatoms. The van der Waals surface area contributed by atoms with Crippen LogP contribution in [0.4, 0.5) is 0 Å². The van der Waals surface area contributed by atoms with E-state index in [0.717, 1.165) is 32.1 Å². The monoisotopic (exact) mass is 243 g/mol. The van der Waals surface area contributed by atoms with Crippen LogP contribution in [-0.4, -0.2) is 56.6 Å². The third-order valence-corrected chi connectivity index (χ3v) is 3.14. The van der Waals surface area contributed by atoms with E-state index in [0.29, 0.717) is 0 Å². The molecule has 0 fully saturated rings. The smallest absolute Gasteiger partial charge is 0.0109 e. The first kappa shape index (κ1) is 16.9. The summed E-state index contributed by atoms with van der Waals surface area (Å²) in [6.07, 6.45) is 1.18. The number of likely N-dealkylation sites (N-methyl/N-ethyl adjacent to an activating group) is 1. The van der Waals surface area contributed by atoms with E-state index in [-0.39, 0.29) is 5.41 Å². The first-order valence-corrected chi connectivity index (χ1v) is 6.84. The summed E-state index contributed by atoms with van der Waals surface area (Å²) in [7, 11) is 4.27. The van der Waals surface area contributed by atoms with E-state index in [1.807, 2.05) is 0 Å². The van der Waals surface area contributed by atoms with Crippen molar-refractivity contribution in [3.8, 4) is 0 Å². The Morgan fingerprint density at radius 2 is 1.65 bits per heavy atom. The van der Waals surface area contributed by atoms with Crippen molar-refractivity contribution >= 4 is 0 Å². The normalized spacial score (nSPS) is 13.1. The zero-order valence-corrected chi connectivity index (χ0v) is 12.8. The van der Waals surface area contributed by atoms with Gasteiger partial charge in [0.05, 0.1) is 0 Å². The molecule has 0 spiro atoms. The lowest BCUT2D eigenvalue weighted by Gasteiger charge is -2.30. The molecule has 3 nitrogen and oxygen atoms in total. The predicted octanol–water partition coefficient (Wildman–Crippen LogP) is 1.88. The molecule has 104 valence electrons. The Bertz CT molecular complexity index is 188. The van der Waals surface area contributed by atoms with Crippen molar-refractivity contribution in [2.45, 2.75) is 34.1 Å². The van der Waals surface area contributed by atoms with Gasteiger partial charge in [-0.1, -0.05) is 27.7 Å². The van der Waals surface area contributed by atoms with E-state index >= 15 is 0 Å². The van der Waals surface area contributed by atoms with Gasteiger partial charge in [-0.3, -0.25) is 0 Å². The molecule has 0 aliphatic rings. The van der Waals surface area contributed by atoms with Gasteiger partial charge in [0.15, 0.2) is 0 Å². The van der Waals surface area contributed by atoms with Crippen LogP contribution in [-0.2, 0) is 0 Å². The highest BCUT2D eigenvalue weighted by Crippen LogP contribution is 2.18. The highest BCUT2D eigenvalue weighted by Gasteiger charge is 2.17. The average molecular weight is 243 g/mol. The molecule has 0 aliphatic heterocycles. The summed E-state index contributed by atoms with van der Waals surface area (Å²) in [5.74, 6) is 0.734. The highest BCUT2D eigenvalue weighted by molar-refractivity contribution is 4.72. The fourth-order valence-electron chi connectivity index (χ4n) is 1.72. The molecular formula is C14H33N3. The van der Waals surface area contributed by atoms with Gasteiger partial charge in [0.2, 0.25) is 0 Å². The van der Waals surface area contributed by atoms with E-state index in [9.17, 15) is 0 Å². The third kappa shape index (κ3) is 9.57. The summed E-state index contributed by atoms with van der Waals surface area (Å²) in [6, 6.07) is 0. The number of hydrogen-bond acceptors (Lipinski definition) is 3. The maximum Gasteiger partial charge on any atom is 0.0109 e. The Balaban J connectivity index is 4.09. The zero-order valence-electron chi connectivity index (χ0n) is 12.8. The van der Waals surface area contributed by atoms with Gasteiger partial charge < -0.3 is 15.5 Å². The molecule has 0 aromatic rings. The van der Waals surface area contributed by atoms with E-state index in [4.69, 9.17) is 5.73 Å². The van der Waals surface area contributed by atoms with Gasteiger partial charge in [0, 0.05) is 19.6 Å². The van der Waals surface area contributed by atoms with Gasteiger partial charge in [0.25, 0.3) is 0 Å². The van der Waals surface area contributed by atoms with Crippen LogP contribution in [0.2, 0.25) is 0 Å². The largest absolute Gasteiger partial charge is 0.330 e. The van der Waals surface area contributed by atoms with Gasteiger partial charge in [-0.15, -0.1) is 0 Å². The van der Waals surface area contributed by atoms with E-state index < -0.39 is 0 Å². The minimum atomic E-state index is 0.271. The molecule has 0 atom stereocenters. The van der Waals surface area contributed by atoms with Crippen molar-refractivity contribution in [2.24, 2.45) is 17.1 Å². The molecule has 0 heterocycles. The van der Waals surface area contributed by atoms with Crippen LogP contribution in [0, 0.1) is 11.3 Å². The summed E-state index contributed by atoms with van der Waals surface area (Å²) < 4.78 is 0. The van der Waals surface area contributed by atoms with Gasteiger partial charge in [-0.25, -0.2) is 0 Å². The van der Waals surface area contributed by atoms with Crippen molar-refractivity contribution in [1.29, 1.82) is 0 Å². The van der Waals surface area contributed by atoms with E-state index in [2.05, 4.69) is 51.6 Å². The Kier molecular flexibility index (Phi) is 8.01. The SMILES string of the molecule is CC(C)CN(CCN(C)C)CCC(C)(C)CN. The summed E-state index contributed by atoms with van der Waals surface area (Å²) in [4.78, 5) is 4.82. The molecule has 0 unspecified atom stereocenters. The standard InChI is InChI=1S/C14H33N3/c1-13(2)11-17(10-9-16(5)6)8-7-14(3,4)12-15/h13H,7-12,15H2,1-6H3. The molecule has 0 radical (unpaired) electrons. The van der Waals surface area contributed by atoms with Crippen LogP contribution in [0.1, 0.15) is 34.1 Å². The van der Waals surface area contributed by atoms with Crippen molar-refractivity contribution in [3.63, 3.8) is 0 Å². The maximum atomic E-state index is 5.79. The van der Waals surface area contributed by atoms with Crippen LogP contribution in [0.25, 0.3) is 0 Å². The molecule has 17 heavy (non-hydrogen) atoms. The van der Waals surface area contributed by atoms with Gasteiger partial charge in [-0.2, -0.15) is 0 Å². The number of rotatable bonds is 9. The number of hydrogen-bond donors (Lipinski definition) is 1. The molecule has 0 saturated heterocycles. The van der Waals surface area contributed by atoms with E-state index in [1.165, 1.54) is 13.0 Å². The van der Waals surface area contributed by atoms with Crippen molar-refractivity contribution in [2.75, 3.05) is 46.8 Å². The first-order valence-electron chi connectivity index (χ1n) is 6.84. The molecule has 0 amide bonds. The molecule has 0 aromatic heterocycles. The fraction of sp³-hybridized carbons (Fsp3) is 1.00. The minimum absolute atomic E-state index is 0.271. The zero-order chi connectivity index (χ0) is 13.5. The quantitative estimate of drug-likeness (QED) is 0.671. The summed E-state index contributed by atoms with van der Waals surface area (Å²) in [6.45, 7) is 14.5. The Labute approximate surface area is 108 Å². The molecule has 0 saturated carbocycles. The third-order valence-electron chi connectivity index (χ3n) is 3.14.